The van der Waals surface area contributed by atoms with E-state index in [1.807, 2.05) is 12.1 Å². The molecule has 5 N–H and O–H groups in total. The van der Waals surface area contributed by atoms with E-state index in [9.17, 15) is 34.2 Å². The molecule has 0 amide bonds. The quantitative estimate of drug-likeness (QED) is 0.0274. The van der Waals surface area contributed by atoms with Gasteiger partial charge in [-0.25, -0.2) is 9.36 Å². The summed E-state index contributed by atoms with van der Waals surface area (Å²) in [4.78, 5) is 61.7. The molecule has 1 unspecified atom stereocenters. The van der Waals surface area contributed by atoms with Crippen LogP contribution in [0.2, 0.25) is 0 Å². The Morgan fingerprint density at radius 1 is 0.933 bits per heavy atom. The van der Waals surface area contributed by atoms with Crippen LogP contribution in [0.1, 0.15) is 146 Å². The molecule has 2 heterocycles. The highest BCUT2D eigenvalue weighted by molar-refractivity contribution is 7.46. The average Bonchev–Trinajstić information content (AvgIpc) is 4.08. The molecule has 2 aromatic rings. The minimum absolute atomic E-state index is 0.0211. The summed E-state index contributed by atoms with van der Waals surface area (Å²) in [5.41, 5.74) is 0.664. The van der Waals surface area contributed by atoms with E-state index in [1.165, 1.54) is 11.6 Å². The second-order valence-electron chi connectivity index (χ2n) is 23.7. The number of unbranched alkanes of at least 4 members (excludes halogenated alkanes) is 4. The highest BCUT2D eigenvalue weighted by Gasteiger charge is 2.76. The van der Waals surface area contributed by atoms with Crippen LogP contribution in [0.5, 0.6) is 5.75 Å². The van der Waals surface area contributed by atoms with E-state index >= 15 is 4.79 Å². The van der Waals surface area contributed by atoms with Gasteiger partial charge in [-0.15, -0.1) is 0 Å². The second kappa shape index (κ2) is 24.2. The van der Waals surface area contributed by atoms with E-state index in [2.05, 4.69) is 43.4 Å². The van der Waals surface area contributed by atoms with Gasteiger partial charge in [0.15, 0.2) is 30.8 Å². The van der Waals surface area contributed by atoms with Crippen molar-refractivity contribution in [1.29, 1.82) is 0 Å². The summed E-state index contributed by atoms with van der Waals surface area (Å²) < 4.78 is 43.5. The number of hydrogen-bond acceptors (Lipinski definition) is 12. The zero-order valence-corrected chi connectivity index (χ0v) is 45.3. The number of aryl methyl sites for hydroxylation is 1. The predicted octanol–water partition coefficient (Wildman–Crippen LogP) is 8.55. The molecule has 0 bridgehead atoms. The summed E-state index contributed by atoms with van der Waals surface area (Å²) in [5.74, 6) is -0.973. The number of esters is 1. The number of phosphoric ester groups is 1. The van der Waals surface area contributed by atoms with Gasteiger partial charge in [0, 0.05) is 60.8 Å². The van der Waals surface area contributed by atoms with Crippen LogP contribution in [-0.4, -0.2) is 119 Å². The topological polar surface area (TPSA) is 207 Å². The molecule has 0 spiro atoms. The fourth-order valence-corrected chi connectivity index (χ4v) is 15.5. The SMILES string of the molecule is C[C@]12C=CC(=O)C=C1CC[C@@H]1[C@@H]2[C@@H](O)C[C@@]2(C)[C@H]1C[C@H]1O[C@@H](C3CCCCC3)O[C@]12C(=O)COC(=O)C[N+]1(Cc2cc(C(O)CNCCCCCCOCCCCc3ccccc3)ccc2OP(=O)(O)O)CCCC1. The molecule has 75 heavy (non-hydrogen) atoms. The van der Waals surface area contributed by atoms with Crippen LogP contribution in [-0.2, 0) is 50.9 Å². The molecule has 0 radical (unpaired) electrons. The van der Waals surface area contributed by atoms with Crippen LogP contribution < -0.4 is 9.84 Å². The van der Waals surface area contributed by atoms with Crippen LogP contribution in [0.15, 0.2) is 72.3 Å². The molecule has 9 rings (SSSR count). The largest absolute Gasteiger partial charge is 0.524 e. The van der Waals surface area contributed by atoms with Crippen molar-refractivity contribution in [2.45, 2.75) is 166 Å². The summed E-state index contributed by atoms with van der Waals surface area (Å²) in [7, 11) is -4.97. The zero-order valence-electron chi connectivity index (χ0n) is 44.4. The molecular weight excluding hydrogens is 976 g/mol. The number of Topliss-reactive ketones (excluding diaryl/α,β-unsaturated/α-hetero) is 1. The lowest BCUT2D eigenvalue weighted by Crippen LogP contribution is -2.64. The van der Waals surface area contributed by atoms with Gasteiger partial charge in [-0.05, 0) is 124 Å². The first-order valence-electron chi connectivity index (χ1n) is 28.4. The van der Waals surface area contributed by atoms with Crippen molar-refractivity contribution >= 4 is 25.4 Å². The number of carbonyl (C=O) groups excluding carboxylic acids is 3. The third-order valence-electron chi connectivity index (χ3n) is 18.8. The van der Waals surface area contributed by atoms with E-state index in [0.717, 1.165) is 128 Å². The smallest absolute Gasteiger partial charge is 0.453 e. The molecular formula is C59H84N2O13P+. The summed E-state index contributed by atoms with van der Waals surface area (Å²) in [6.45, 7) is 7.47. The van der Waals surface area contributed by atoms with Gasteiger partial charge in [-0.2, -0.15) is 0 Å². The van der Waals surface area contributed by atoms with Crippen LogP contribution in [0.25, 0.3) is 0 Å². The van der Waals surface area contributed by atoms with Gasteiger partial charge in [-0.1, -0.05) is 94.0 Å². The normalized spacial score (nSPS) is 31.5. The number of nitrogens with zero attached hydrogens (tertiary/aromatic N) is 1. The third-order valence-corrected chi connectivity index (χ3v) is 19.3. The third kappa shape index (κ3) is 12.5. The maximum Gasteiger partial charge on any atom is 0.524 e. The Bertz CT molecular complexity index is 2420. The molecule has 16 heteroatoms. The van der Waals surface area contributed by atoms with E-state index in [0.29, 0.717) is 37.1 Å². The standard InChI is InChI=1S/C59H83N2O13P/c1-57-27-26-46(62)34-45(57)23-24-47-48-35-53-59(58(48,2)36-49(63)55(47)57,73-56(72-53)42-20-9-6-10-21-42)52(65)40-71-54(66)39-61(29-13-14-30-61)38-44-33-43(22-25-51(44)74-75(67,68)69)50(64)37-60-28-12-3-4-15-31-70-32-16-11-19-41-17-7-5-8-18-41/h5,7-8,17-18,22,25-27,33-34,42,47-50,53,55-56,60,63-64H,3-4,6,9-16,19-21,23-24,28-32,35-40H2,1-2H3,(H-,67,68,69)/p+1/t47-,48-,49-,50?,53+,55+,56+,57-,58-,59+/m0/s1. The number of aliphatic hydroxyl groups excluding tert-OH is 2. The van der Waals surface area contributed by atoms with Crippen molar-refractivity contribution in [2.75, 3.05) is 52.5 Å². The lowest BCUT2D eigenvalue weighted by atomic mass is 9.46. The monoisotopic (exact) mass is 1060 g/mol. The number of ketones is 2. The Labute approximate surface area is 444 Å². The molecule has 0 aromatic heterocycles. The van der Waals surface area contributed by atoms with Gasteiger partial charge in [0.1, 0.15) is 12.3 Å². The molecule has 4 saturated carbocycles. The zero-order chi connectivity index (χ0) is 52.9. The Morgan fingerprint density at radius 2 is 1.68 bits per heavy atom. The Morgan fingerprint density at radius 3 is 2.44 bits per heavy atom. The van der Waals surface area contributed by atoms with Crippen molar-refractivity contribution in [3.05, 3.63) is 89.0 Å². The van der Waals surface area contributed by atoms with Gasteiger partial charge in [0.05, 0.1) is 31.4 Å². The van der Waals surface area contributed by atoms with Gasteiger partial charge >= 0.3 is 13.8 Å². The predicted molar refractivity (Wildman–Crippen MR) is 282 cm³/mol. The molecule has 412 valence electrons. The Hall–Kier alpha value is -3.60. The summed E-state index contributed by atoms with van der Waals surface area (Å²) in [5, 5.41) is 27.0. The van der Waals surface area contributed by atoms with Gasteiger partial charge in [0.25, 0.3) is 0 Å². The van der Waals surface area contributed by atoms with E-state index in [-0.39, 0.29) is 65.1 Å². The molecule has 2 saturated heterocycles. The number of ether oxygens (including phenoxy) is 4. The van der Waals surface area contributed by atoms with E-state index < -0.39 is 61.4 Å². The van der Waals surface area contributed by atoms with Crippen molar-refractivity contribution in [3.63, 3.8) is 0 Å². The number of benzene rings is 2. The van der Waals surface area contributed by atoms with Crippen LogP contribution in [0.4, 0.5) is 0 Å². The first-order valence-corrected chi connectivity index (χ1v) is 29.9. The van der Waals surface area contributed by atoms with Crippen molar-refractivity contribution in [3.8, 4) is 5.75 Å². The molecule has 10 atom stereocenters. The number of likely N-dealkylation sites (tertiary alicyclic amines) is 1. The average molecular weight is 1060 g/mol. The minimum atomic E-state index is -4.97. The first-order chi connectivity index (χ1) is 36.0. The molecule has 7 aliphatic rings. The Balaban J connectivity index is 0.811. The highest BCUT2D eigenvalue weighted by atomic mass is 31.2. The van der Waals surface area contributed by atoms with Gasteiger partial charge < -0.3 is 43.5 Å². The number of rotatable bonds is 25. The lowest BCUT2D eigenvalue weighted by Gasteiger charge is -2.59. The number of nitrogens with one attached hydrogen (secondary N) is 1. The van der Waals surface area contributed by atoms with Crippen LogP contribution in [0, 0.1) is 34.5 Å². The molecule has 5 aliphatic carbocycles. The van der Waals surface area contributed by atoms with Crippen molar-refractivity contribution in [1.82, 2.24) is 5.32 Å². The van der Waals surface area contributed by atoms with Gasteiger partial charge in [0.2, 0.25) is 5.78 Å². The first kappa shape index (κ1) is 56.1. The van der Waals surface area contributed by atoms with Crippen molar-refractivity contribution in [2.24, 2.45) is 34.5 Å². The fraction of sp³-hybridized carbons (Fsp3) is 0.678. The number of carbonyl (C=O) groups is 3. The number of allylic oxidation sites excluding steroid dienone is 4. The number of fused-ring (bicyclic) bond motifs is 7. The minimum Gasteiger partial charge on any atom is -0.453 e. The summed E-state index contributed by atoms with van der Waals surface area (Å²) >= 11 is 0. The second-order valence-corrected chi connectivity index (χ2v) is 24.9. The lowest BCUT2D eigenvalue weighted by molar-refractivity contribution is -0.922. The highest BCUT2D eigenvalue weighted by Crippen LogP contribution is 2.70. The molecule has 6 fully saturated rings. The van der Waals surface area contributed by atoms with Crippen LogP contribution in [0.3, 0.4) is 0 Å². The number of phosphoric acid groups is 1. The summed E-state index contributed by atoms with van der Waals surface area (Å²) in [6, 6.07) is 15.3. The Kier molecular flexibility index (Phi) is 18.1. The van der Waals surface area contributed by atoms with Gasteiger partial charge in [-0.3, -0.25) is 19.4 Å². The molecule has 2 aliphatic heterocycles. The van der Waals surface area contributed by atoms with Crippen molar-refractivity contribution < 1.29 is 66.9 Å². The molecule has 2 aromatic carbocycles. The van der Waals surface area contributed by atoms with E-state index in [4.69, 9.17) is 23.5 Å². The fourth-order valence-electron chi connectivity index (χ4n) is 15.1. The number of quaternary nitrogens is 1. The maximum atomic E-state index is 15.2. The number of aliphatic hydroxyl groups is 2. The van der Waals surface area contributed by atoms with E-state index in [1.54, 1.807) is 24.3 Å². The maximum absolute atomic E-state index is 15.2. The number of hydrogen-bond donors (Lipinski definition) is 5. The summed E-state index contributed by atoms with van der Waals surface area (Å²) in [6.07, 6.45) is 18.9. The van der Waals surface area contributed by atoms with Crippen LogP contribution >= 0.6 is 7.82 Å². The molecule has 15 nitrogen and oxygen atoms in total.